The van der Waals surface area contributed by atoms with Gasteiger partial charge in [0.05, 0.1) is 12.8 Å². The van der Waals surface area contributed by atoms with E-state index in [-0.39, 0.29) is 11.8 Å². The summed E-state index contributed by atoms with van der Waals surface area (Å²) < 4.78 is 5.21. The SMILES string of the molecule is COc1ccc(NC(C)=O)cc1NC(=O)/C=C/c1cccnc1. The van der Waals surface area contributed by atoms with Crippen LogP contribution in [-0.4, -0.2) is 23.9 Å². The molecule has 0 saturated carbocycles. The van der Waals surface area contributed by atoms with Crippen molar-refractivity contribution >= 4 is 29.3 Å². The molecule has 23 heavy (non-hydrogen) atoms. The molecular weight excluding hydrogens is 294 g/mol. The normalized spacial score (nSPS) is 10.3. The van der Waals surface area contributed by atoms with Gasteiger partial charge in [-0.1, -0.05) is 6.07 Å². The first-order chi connectivity index (χ1) is 11.1. The molecule has 6 heteroatoms. The average molecular weight is 311 g/mol. The van der Waals surface area contributed by atoms with E-state index in [0.717, 1.165) is 5.56 Å². The molecule has 2 rings (SSSR count). The van der Waals surface area contributed by atoms with Crippen LogP contribution in [0.3, 0.4) is 0 Å². The van der Waals surface area contributed by atoms with Crippen molar-refractivity contribution < 1.29 is 14.3 Å². The molecular formula is C17H17N3O3. The number of nitrogens with one attached hydrogen (secondary N) is 2. The zero-order valence-corrected chi connectivity index (χ0v) is 12.9. The highest BCUT2D eigenvalue weighted by molar-refractivity contribution is 6.03. The van der Waals surface area contributed by atoms with E-state index in [1.54, 1.807) is 42.7 Å². The van der Waals surface area contributed by atoms with Gasteiger partial charge in [0, 0.05) is 31.1 Å². The van der Waals surface area contributed by atoms with Gasteiger partial charge in [-0.2, -0.15) is 0 Å². The molecule has 6 nitrogen and oxygen atoms in total. The predicted molar refractivity (Wildman–Crippen MR) is 89.2 cm³/mol. The molecule has 0 atom stereocenters. The minimum absolute atomic E-state index is 0.191. The minimum atomic E-state index is -0.313. The van der Waals surface area contributed by atoms with Gasteiger partial charge in [0.1, 0.15) is 5.75 Å². The quantitative estimate of drug-likeness (QED) is 0.832. The maximum Gasteiger partial charge on any atom is 0.248 e. The van der Waals surface area contributed by atoms with Crippen LogP contribution in [0.25, 0.3) is 6.08 Å². The second-order valence-electron chi connectivity index (χ2n) is 4.71. The van der Waals surface area contributed by atoms with Crippen LogP contribution in [-0.2, 0) is 9.59 Å². The zero-order valence-electron chi connectivity index (χ0n) is 12.9. The van der Waals surface area contributed by atoms with Gasteiger partial charge >= 0.3 is 0 Å². The predicted octanol–water partition coefficient (Wildman–Crippen LogP) is 2.70. The molecule has 1 aromatic carbocycles. The molecule has 0 radical (unpaired) electrons. The van der Waals surface area contributed by atoms with Crippen molar-refractivity contribution in [3.05, 3.63) is 54.4 Å². The lowest BCUT2D eigenvalue weighted by Crippen LogP contribution is -2.10. The van der Waals surface area contributed by atoms with Gasteiger partial charge in [-0.15, -0.1) is 0 Å². The van der Waals surface area contributed by atoms with Crippen molar-refractivity contribution in [1.82, 2.24) is 4.98 Å². The standard InChI is InChI=1S/C17H17N3O3/c1-12(21)19-14-6-7-16(23-2)15(10-14)20-17(22)8-5-13-4-3-9-18-11-13/h3-11H,1-2H3,(H,19,21)(H,20,22)/b8-5+. The van der Waals surface area contributed by atoms with Crippen molar-refractivity contribution in [3.63, 3.8) is 0 Å². The van der Waals surface area contributed by atoms with E-state index in [1.165, 1.54) is 20.1 Å². The largest absolute Gasteiger partial charge is 0.495 e. The van der Waals surface area contributed by atoms with Crippen molar-refractivity contribution in [1.29, 1.82) is 0 Å². The molecule has 2 amide bonds. The lowest BCUT2D eigenvalue weighted by atomic mass is 10.2. The number of ether oxygens (including phenoxy) is 1. The maximum absolute atomic E-state index is 12.0. The summed E-state index contributed by atoms with van der Waals surface area (Å²) in [6.07, 6.45) is 6.38. The Morgan fingerprint density at radius 1 is 1.22 bits per heavy atom. The summed E-state index contributed by atoms with van der Waals surface area (Å²) in [6.45, 7) is 1.42. The number of rotatable bonds is 5. The van der Waals surface area contributed by atoms with Crippen LogP contribution in [0.1, 0.15) is 12.5 Å². The fourth-order valence-electron chi connectivity index (χ4n) is 1.91. The number of anilines is 2. The molecule has 2 N–H and O–H groups in total. The summed E-state index contributed by atoms with van der Waals surface area (Å²) in [5.74, 6) is -0.00160. The smallest absolute Gasteiger partial charge is 0.248 e. The number of carbonyl (C=O) groups excluding carboxylic acids is 2. The highest BCUT2D eigenvalue weighted by atomic mass is 16.5. The Bertz CT molecular complexity index is 727. The van der Waals surface area contributed by atoms with E-state index in [0.29, 0.717) is 17.1 Å². The molecule has 0 saturated heterocycles. The lowest BCUT2D eigenvalue weighted by Gasteiger charge is -2.11. The van der Waals surface area contributed by atoms with Crippen LogP contribution in [0.4, 0.5) is 11.4 Å². The summed E-state index contributed by atoms with van der Waals surface area (Å²) in [5.41, 5.74) is 1.87. The van der Waals surface area contributed by atoms with E-state index in [2.05, 4.69) is 15.6 Å². The number of pyridine rings is 1. The molecule has 0 aliphatic heterocycles. The third kappa shape index (κ3) is 4.96. The summed E-state index contributed by atoms with van der Waals surface area (Å²) in [7, 11) is 1.51. The fraction of sp³-hybridized carbons (Fsp3) is 0.118. The average Bonchev–Trinajstić information content (AvgIpc) is 2.54. The van der Waals surface area contributed by atoms with Gasteiger partial charge in [0.2, 0.25) is 11.8 Å². The first-order valence-corrected chi connectivity index (χ1v) is 6.93. The second kappa shape index (κ2) is 7.74. The Hall–Kier alpha value is -3.15. The molecule has 2 aromatic rings. The molecule has 0 aliphatic carbocycles. The van der Waals surface area contributed by atoms with E-state index >= 15 is 0 Å². The van der Waals surface area contributed by atoms with Gasteiger partial charge in [0.15, 0.2) is 0 Å². The summed E-state index contributed by atoms with van der Waals surface area (Å²) >= 11 is 0. The maximum atomic E-state index is 12.0. The van der Waals surface area contributed by atoms with Crippen LogP contribution in [0.5, 0.6) is 5.75 Å². The van der Waals surface area contributed by atoms with Gasteiger partial charge in [-0.3, -0.25) is 14.6 Å². The number of hydrogen-bond donors (Lipinski definition) is 2. The summed E-state index contributed by atoms with van der Waals surface area (Å²) in [5, 5.41) is 5.38. The van der Waals surface area contributed by atoms with Gasteiger partial charge < -0.3 is 15.4 Å². The Morgan fingerprint density at radius 2 is 2.04 bits per heavy atom. The first-order valence-electron chi connectivity index (χ1n) is 6.93. The number of carbonyl (C=O) groups is 2. The van der Waals surface area contributed by atoms with Gasteiger partial charge in [-0.05, 0) is 35.9 Å². The number of aromatic nitrogens is 1. The number of methoxy groups -OCH3 is 1. The molecule has 1 aromatic heterocycles. The van der Waals surface area contributed by atoms with Crippen LogP contribution in [0.2, 0.25) is 0 Å². The van der Waals surface area contributed by atoms with E-state index in [1.807, 2.05) is 6.07 Å². The number of benzene rings is 1. The van der Waals surface area contributed by atoms with Crippen molar-refractivity contribution in [2.75, 3.05) is 17.7 Å². The molecule has 0 unspecified atom stereocenters. The molecule has 1 heterocycles. The van der Waals surface area contributed by atoms with Crippen LogP contribution < -0.4 is 15.4 Å². The lowest BCUT2D eigenvalue weighted by molar-refractivity contribution is -0.114. The Balaban J connectivity index is 2.12. The molecule has 0 spiro atoms. The summed E-state index contributed by atoms with van der Waals surface area (Å²) in [6, 6.07) is 8.63. The molecule has 0 aliphatic rings. The topological polar surface area (TPSA) is 80.3 Å². The zero-order chi connectivity index (χ0) is 16.7. The second-order valence-corrected chi connectivity index (χ2v) is 4.71. The monoisotopic (exact) mass is 311 g/mol. The highest BCUT2D eigenvalue weighted by Gasteiger charge is 2.07. The van der Waals surface area contributed by atoms with Crippen LogP contribution in [0, 0.1) is 0 Å². The first kappa shape index (κ1) is 16.2. The van der Waals surface area contributed by atoms with Crippen molar-refractivity contribution in [3.8, 4) is 5.75 Å². The van der Waals surface area contributed by atoms with E-state index < -0.39 is 0 Å². The van der Waals surface area contributed by atoms with Crippen LogP contribution in [0.15, 0.2) is 48.8 Å². The van der Waals surface area contributed by atoms with Crippen LogP contribution >= 0.6 is 0 Å². The third-order valence-electron chi connectivity index (χ3n) is 2.89. The number of nitrogens with zero attached hydrogens (tertiary/aromatic N) is 1. The van der Waals surface area contributed by atoms with Gasteiger partial charge in [-0.25, -0.2) is 0 Å². The third-order valence-corrected chi connectivity index (χ3v) is 2.89. The number of hydrogen-bond acceptors (Lipinski definition) is 4. The van der Waals surface area contributed by atoms with Crippen molar-refractivity contribution in [2.24, 2.45) is 0 Å². The Kier molecular flexibility index (Phi) is 5.46. The number of amides is 2. The molecule has 0 bridgehead atoms. The molecule has 0 fully saturated rings. The van der Waals surface area contributed by atoms with E-state index in [9.17, 15) is 9.59 Å². The Labute approximate surface area is 134 Å². The van der Waals surface area contributed by atoms with E-state index in [4.69, 9.17) is 4.74 Å². The fourth-order valence-corrected chi connectivity index (χ4v) is 1.91. The minimum Gasteiger partial charge on any atom is -0.495 e. The summed E-state index contributed by atoms with van der Waals surface area (Å²) in [4.78, 5) is 27.1. The van der Waals surface area contributed by atoms with Gasteiger partial charge in [0.25, 0.3) is 0 Å². The highest BCUT2D eigenvalue weighted by Crippen LogP contribution is 2.27. The Morgan fingerprint density at radius 3 is 2.70 bits per heavy atom. The van der Waals surface area contributed by atoms with Crippen molar-refractivity contribution in [2.45, 2.75) is 6.92 Å². The molecule has 118 valence electrons.